The standard InChI is InChI=1S/C20H23N7O2/c1-13(2)27-20(22-12-23-27)16-10-25-6-7-29-17-8-18(21-9-15(17)19(25)24-16)26-5-3-4-14(26)11-28/h8-14H,3-7H2,1-2H3. The van der Waals surface area contributed by atoms with Gasteiger partial charge in [0.15, 0.2) is 5.82 Å². The van der Waals surface area contributed by atoms with Crippen molar-refractivity contribution in [3.05, 3.63) is 24.8 Å². The third-order valence-electron chi connectivity index (χ3n) is 5.50. The first-order chi connectivity index (χ1) is 14.2. The van der Waals surface area contributed by atoms with Crippen LogP contribution < -0.4 is 9.64 Å². The lowest BCUT2D eigenvalue weighted by Crippen LogP contribution is -2.30. The molecule has 2 aliphatic heterocycles. The van der Waals surface area contributed by atoms with Gasteiger partial charge >= 0.3 is 0 Å². The summed E-state index contributed by atoms with van der Waals surface area (Å²) in [5, 5.41) is 4.32. The van der Waals surface area contributed by atoms with Crippen molar-refractivity contribution < 1.29 is 9.53 Å². The van der Waals surface area contributed by atoms with E-state index in [1.54, 1.807) is 12.5 Å². The number of imidazole rings is 1. The van der Waals surface area contributed by atoms with Crippen molar-refractivity contribution in [2.24, 2.45) is 0 Å². The van der Waals surface area contributed by atoms with Crippen molar-refractivity contribution in [3.8, 4) is 28.7 Å². The first-order valence-corrected chi connectivity index (χ1v) is 9.98. The Balaban J connectivity index is 1.55. The average molecular weight is 393 g/mol. The Morgan fingerprint density at radius 1 is 1.24 bits per heavy atom. The van der Waals surface area contributed by atoms with E-state index in [4.69, 9.17) is 9.72 Å². The molecule has 3 aromatic rings. The van der Waals surface area contributed by atoms with Gasteiger partial charge in [-0.1, -0.05) is 0 Å². The molecule has 5 rings (SSSR count). The Morgan fingerprint density at radius 3 is 2.97 bits per heavy atom. The fourth-order valence-electron chi connectivity index (χ4n) is 4.06. The smallest absolute Gasteiger partial charge is 0.178 e. The normalized spacial score (nSPS) is 18.3. The third kappa shape index (κ3) is 2.97. The van der Waals surface area contributed by atoms with Gasteiger partial charge in [-0.3, -0.25) is 0 Å². The van der Waals surface area contributed by atoms with E-state index >= 15 is 0 Å². The van der Waals surface area contributed by atoms with Crippen LogP contribution in [0.1, 0.15) is 32.7 Å². The Morgan fingerprint density at radius 2 is 2.14 bits per heavy atom. The van der Waals surface area contributed by atoms with Gasteiger partial charge in [0, 0.05) is 31.0 Å². The van der Waals surface area contributed by atoms with Gasteiger partial charge in [0.2, 0.25) is 0 Å². The van der Waals surface area contributed by atoms with E-state index in [2.05, 4.69) is 33.5 Å². The number of ether oxygens (including phenoxy) is 1. The number of pyridine rings is 1. The molecular formula is C20H23N7O2. The third-order valence-corrected chi connectivity index (χ3v) is 5.50. The van der Waals surface area contributed by atoms with Gasteiger partial charge in [-0.2, -0.15) is 5.10 Å². The van der Waals surface area contributed by atoms with E-state index in [0.717, 1.165) is 60.1 Å². The molecule has 0 amide bonds. The topological polar surface area (TPSA) is 91.0 Å². The number of aldehydes is 1. The van der Waals surface area contributed by atoms with Gasteiger partial charge < -0.3 is 19.0 Å². The molecule has 0 aliphatic carbocycles. The molecule has 0 N–H and O–H groups in total. The molecule has 1 atom stereocenters. The molecule has 0 aromatic carbocycles. The monoisotopic (exact) mass is 393 g/mol. The first kappa shape index (κ1) is 17.8. The lowest BCUT2D eigenvalue weighted by atomic mass is 10.2. The van der Waals surface area contributed by atoms with Crippen LogP contribution in [0.5, 0.6) is 5.75 Å². The van der Waals surface area contributed by atoms with Gasteiger partial charge in [-0.05, 0) is 26.7 Å². The van der Waals surface area contributed by atoms with Crippen LogP contribution in [0.25, 0.3) is 22.9 Å². The molecule has 9 nitrogen and oxygen atoms in total. The number of anilines is 1. The second-order valence-corrected chi connectivity index (χ2v) is 7.69. The molecule has 0 spiro atoms. The minimum absolute atomic E-state index is 0.109. The highest BCUT2D eigenvalue weighted by molar-refractivity contribution is 5.72. The second kappa shape index (κ2) is 6.98. The van der Waals surface area contributed by atoms with E-state index in [1.165, 1.54) is 0 Å². The van der Waals surface area contributed by atoms with Crippen LogP contribution in [0.2, 0.25) is 0 Å². The predicted molar refractivity (Wildman–Crippen MR) is 107 cm³/mol. The van der Waals surface area contributed by atoms with Crippen molar-refractivity contribution in [1.29, 1.82) is 0 Å². The van der Waals surface area contributed by atoms with Gasteiger partial charge in [0.1, 0.15) is 42.3 Å². The van der Waals surface area contributed by atoms with E-state index in [1.807, 2.05) is 21.8 Å². The zero-order valence-electron chi connectivity index (χ0n) is 16.5. The fourth-order valence-corrected chi connectivity index (χ4v) is 4.06. The zero-order chi connectivity index (χ0) is 20.0. The lowest BCUT2D eigenvalue weighted by molar-refractivity contribution is -0.108. The highest BCUT2D eigenvalue weighted by atomic mass is 16.5. The van der Waals surface area contributed by atoms with Gasteiger partial charge in [-0.15, -0.1) is 0 Å². The predicted octanol–water partition coefficient (Wildman–Crippen LogP) is 2.34. The number of aromatic nitrogens is 6. The number of carbonyl (C=O) groups excluding carboxylic acids is 1. The maximum absolute atomic E-state index is 11.4. The van der Waals surface area contributed by atoms with Crippen LogP contribution in [-0.4, -0.2) is 54.8 Å². The molecule has 3 aromatic heterocycles. The lowest BCUT2D eigenvalue weighted by Gasteiger charge is -2.22. The quantitative estimate of drug-likeness (QED) is 0.628. The van der Waals surface area contributed by atoms with Crippen LogP contribution in [-0.2, 0) is 11.3 Å². The van der Waals surface area contributed by atoms with Crippen molar-refractivity contribution >= 4 is 12.1 Å². The number of hydrogen-bond donors (Lipinski definition) is 0. The van der Waals surface area contributed by atoms with Gasteiger partial charge in [0.25, 0.3) is 0 Å². The molecule has 9 heteroatoms. The molecule has 29 heavy (non-hydrogen) atoms. The highest BCUT2D eigenvalue weighted by Crippen LogP contribution is 2.36. The second-order valence-electron chi connectivity index (χ2n) is 7.69. The number of rotatable bonds is 4. The SMILES string of the molecule is CC(C)n1ncnc1-c1cn2c(n1)-c1cnc(N3CCCC3C=O)cc1OCC2. The van der Waals surface area contributed by atoms with E-state index in [-0.39, 0.29) is 12.1 Å². The Bertz CT molecular complexity index is 1060. The van der Waals surface area contributed by atoms with Crippen LogP contribution in [0.15, 0.2) is 24.8 Å². The number of carbonyl (C=O) groups is 1. The van der Waals surface area contributed by atoms with Crippen LogP contribution in [0.3, 0.4) is 0 Å². The summed E-state index contributed by atoms with van der Waals surface area (Å²) >= 11 is 0. The maximum atomic E-state index is 11.4. The van der Waals surface area contributed by atoms with E-state index in [0.29, 0.717) is 13.2 Å². The summed E-state index contributed by atoms with van der Waals surface area (Å²) in [5.41, 5.74) is 1.62. The Kier molecular flexibility index (Phi) is 4.30. The van der Waals surface area contributed by atoms with Crippen LogP contribution in [0.4, 0.5) is 5.82 Å². The number of fused-ring (bicyclic) bond motifs is 3. The summed E-state index contributed by atoms with van der Waals surface area (Å²) in [4.78, 5) is 27.3. The Labute approximate surface area is 168 Å². The first-order valence-electron chi connectivity index (χ1n) is 9.98. The van der Waals surface area contributed by atoms with Crippen LogP contribution >= 0.6 is 0 Å². The molecule has 1 fully saturated rings. The summed E-state index contributed by atoms with van der Waals surface area (Å²) in [6.07, 6.45) is 8.22. The zero-order valence-corrected chi connectivity index (χ0v) is 16.5. The maximum Gasteiger partial charge on any atom is 0.178 e. The summed E-state index contributed by atoms with van der Waals surface area (Å²) in [5.74, 6) is 3.07. The molecule has 0 bridgehead atoms. The summed E-state index contributed by atoms with van der Waals surface area (Å²) < 4.78 is 9.95. The van der Waals surface area contributed by atoms with Gasteiger partial charge in [-0.25, -0.2) is 19.6 Å². The van der Waals surface area contributed by atoms with E-state index < -0.39 is 0 Å². The average Bonchev–Trinajstić information content (AvgIpc) is 3.45. The largest absolute Gasteiger partial charge is 0.491 e. The van der Waals surface area contributed by atoms with Crippen molar-refractivity contribution in [3.63, 3.8) is 0 Å². The molecule has 2 aliphatic rings. The molecule has 0 radical (unpaired) electrons. The fraction of sp³-hybridized carbons (Fsp3) is 0.450. The molecule has 1 saturated heterocycles. The van der Waals surface area contributed by atoms with Crippen LogP contribution in [0, 0.1) is 0 Å². The highest BCUT2D eigenvalue weighted by Gasteiger charge is 2.27. The molecule has 150 valence electrons. The molecule has 0 saturated carbocycles. The summed E-state index contributed by atoms with van der Waals surface area (Å²) in [7, 11) is 0. The minimum atomic E-state index is -0.109. The summed E-state index contributed by atoms with van der Waals surface area (Å²) in [6.45, 7) is 6.19. The summed E-state index contributed by atoms with van der Waals surface area (Å²) in [6, 6.07) is 2.01. The van der Waals surface area contributed by atoms with Crippen molar-refractivity contribution in [1.82, 2.24) is 29.3 Å². The van der Waals surface area contributed by atoms with Crippen molar-refractivity contribution in [2.45, 2.75) is 45.3 Å². The minimum Gasteiger partial charge on any atom is -0.491 e. The van der Waals surface area contributed by atoms with Gasteiger partial charge in [0.05, 0.1) is 18.2 Å². The van der Waals surface area contributed by atoms with E-state index in [9.17, 15) is 4.79 Å². The molecular weight excluding hydrogens is 370 g/mol. The molecule has 1 unspecified atom stereocenters. The van der Waals surface area contributed by atoms with Crippen molar-refractivity contribution in [2.75, 3.05) is 18.1 Å². The Hall–Kier alpha value is -3.23. The molecule has 5 heterocycles. The number of hydrogen-bond acceptors (Lipinski definition) is 7. The number of nitrogens with zero attached hydrogens (tertiary/aromatic N) is 7.